The summed E-state index contributed by atoms with van der Waals surface area (Å²) in [4.78, 5) is 17.1. The Labute approximate surface area is 154 Å². The zero-order chi connectivity index (χ0) is 18.0. The summed E-state index contributed by atoms with van der Waals surface area (Å²) in [5.74, 6) is 0.517. The van der Waals surface area contributed by atoms with Gasteiger partial charge in [0, 0.05) is 36.9 Å². The molecule has 0 radical (unpaired) electrons. The lowest BCUT2D eigenvalue weighted by Crippen LogP contribution is -2.49. The van der Waals surface area contributed by atoms with Crippen LogP contribution in [0.5, 0.6) is 5.75 Å². The van der Waals surface area contributed by atoms with Gasteiger partial charge in [-0.15, -0.1) is 0 Å². The standard InChI is InChI=1S/C20H23ClN2O2/c1-14-5-4-6-18(15(14)2)22-9-11-23(12-10-22)20(24)17-8-7-16(21)13-19(17)25-3/h4-8,13H,9-12H2,1-3H3. The van der Waals surface area contributed by atoms with Gasteiger partial charge in [0.25, 0.3) is 5.91 Å². The van der Waals surface area contributed by atoms with E-state index in [1.807, 2.05) is 4.90 Å². The average Bonchev–Trinajstić information content (AvgIpc) is 2.63. The molecule has 0 aromatic heterocycles. The molecule has 0 bridgehead atoms. The monoisotopic (exact) mass is 358 g/mol. The summed E-state index contributed by atoms with van der Waals surface area (Å²) in [6, 6.07) is 11.5. The van der Waals surface area contributed by atoms with Crippen molar-refractivity contribution in [1.29, 1.82) is 0 Å². The van der Waals surface area contributed by atoms with Gasteiger partial charge in [-0.2, -0.15) is 0 Å². The first-order valence-corrected chi connectivity index (χ1v) is 8.83. The summed E-state index contributed by atoms with van der Waals surface area (Å²) in [6.07, 6.45) is 0. The van der Waals surface area contributed by atoms with E-state index in [2.05, 4.69) is 36.9 Å². The lowest BCUT2D eigenvalue weighted by molar-refractivity contribution is 0.0743. The maximum Gasteiger partial charge on any atom is 0.257 e. The third-order valence-electron chi connectivity index (χ3n) is 4.88. The number of carbonyl (C=O) groups is 1. The Bertz CT molecular complexity index is 783. The number of piperazine rings is 1. The number of benzene rings is 2. The maximum atomic E-state index is 12.8. The van der Waals surface area contributed by atoms with Crippen molar-refractivity contribution in [2.45, 2.75) is 13.8 Å². The molecular weight excluding hydrogens is 336 g/mol. The van der Waals surface area contributed by atoms with Crippen LogP contribution >= 0.6 is 11.6 Å². The zero-order valence-electron chi connectivity index (χ0n) is 14.9. The van der Waals surface area contributed by atoms with Crippen LogP contribution in [0.1, 0.15) is 21.5 Å². The summed E-state index contributed by atoms with van der Waals surface area (Å²) in [5, 5.41) is 0.563. The molecule has 2 aromatic carbocycles. The molecule has 3 rings (SSSR count). The molecule has 0 aliphatic carbocycles. The van der Waals surface area contributed by atoms with E-state index in [9.17, 15) is 4.79 Å². The summed E-state index contributed by atoms with van der Waals surface area (Å²) < 4.78 is 5.32. The van der Waals surface area contributed by atoms with Gasteiger partial charge in [-0.3, -0.25) is 4.79 Å². The van der Waals surface area contributed by atoms with Gasteiger partial charge in [0.2, 0.25) is 0 Å². The molecule has 25 heavy (non-hydrogen) atoms. The zero-order valence-corrected chi connectivity index (χ0v) is 15.6. The predicted molar refractivity (Wildman–Crippen MR) is 102 cm³/mol. The van der Waals surface area contributed by atoms with Gasteiger partial charge in [-0.05, 0) is 49.2 Å². The van der Waals surface area contributed by atoms with Crippen LogP contribution in [0.25, 0.3) is 0 Å². The average molecular weight is 359 g/mol. The molecule has 0 N–H and O–H groups in total. The molecule has 1 saturated heterocycles. The molecule has 0 spiro atoms. The van der Waals surface area contributed by atoms with Crippen molar-refractivity contribution in [3.05, 3.63) is 58.1 Å². The summed E-state index contributed by atoms with van der Waals surface area (Å²) in [7, 11) is 1.56. The van der Waals surface area contributed by atoms with E-state index in [1.165, 1.54) is 16.8 Å². The number of methoxy groups -OCH3 is 1. The fraction of sp³-hybridized carbons (Fsp3) is 0.350. The third kappa shape index (κ3) is 3.59. The van der Waals surface area contributed by atoms with Crippen LogP contribution in [0.3, 0.4) is 0 Å². The van der Waals surface area contributed by atoms with E-state index in [-0.39, 0.29) is 5.91 Å². The Morgan fingerprint density at radius 2 is 1.80 bits per heavy atom. The number of ether oxygens (including phenoxy) is 1. The number of nitrogens with zero attached hydrogens (tertiary/aromatic N) is 2. The highest BCUT2D eigenvalue weighted by Gasteiger charge is 2.25. The third-order valence-corrected chi connectivity index (χ3v) is 5.11. The normalized spacial score (nSPS) is 14.6. The van der Waals surface area contributed by atoms with Gasteiger partial charge in [0.15, 0.2) is 0 Å². The number of aryl methyl sites for hydroxylation is 1. The van der Waals surface area contributed by atoms with Gasteiger partial charge >= 0.3 is 0 Å². The summed E-state index contributed by atoms with van der Waals surface area (Å²) in [6.45, 7) is 7.32. The van der Waals surface area contributed by atoms with Crippen molar-refractivity contribution >= 4 is 23.2 Å². The van der Waals surface area contributed by atoms with Crippen LogP contribution in [-0.2, 0) is 0 Å². The molecule has 1 amide bonds. The number of halogens is 1. The van der Waals surface area contributed by atoms with Crippen LogP contribution in [0.2, 0.25) is 5.02 Å². The topological polar surface area (TPSA) is 32.8 Å². The van der Waals surface area contributed by atoms with Gasteiger partial charge < -0.3 is 14.5 Å². The van der Waals surface area contributed by atoms with Crippen LogP contribution in [0.15, 0.2) is 36.4 Å². The minimum Gasteiger partial charge on any atom is -0.496 e. The van der Waals surface area contributed by atoms with Crippen LogP contribution in [-0.4, -0.2) is 44.1 Å². The van der Waals surface area contributed by atoms with E-state index >= 15 is 0 Å². The molecule has 1 aliphatic rings. The van der Waals surface area contributed by atoms with Crippen molar-refractivity contribution in [1.82, 2.24) is 4.90 Å². The first kappa shape index (κ1) is 17.6. The lowest BCUT2D eigenvalue weighted by Gasteiger charge is -2.37. The Morgan fingerprint density at radius 3 is 2.48 bits per heavy atom. The van der Waals surface area contributed by atoms with Crippen LogP contribution in [0.4, 0.5) is 5.69 Å². The minimum atomic E-state index is -0.00543. The highest BCUT2D eigenvalue weighted by molar-refractivity contribution is 6.30. The van der Waals surface area contributed by atoms with Gasteiger partial charge in [-0.1, -0.05) is 23.7 Å². The highest BCUT2D eigenvalue weighted by Crippen LogP contribution is 2.27. The number of amides is 1. The smallest absolute Gasteiger partial charge is 0.257 e. The van der Waals surface area contributed by atoms with Crippen molar-refractivity contribution in [2.24, 2.45) is 0 Å². The minimum absolute atomic E-state index is 0.00543. The molecule has 2 aromatic rings. The quantitative estimate of drug-likeness (QED) is 0.833. The number of rotatable bonds is 3. The Kier molecular flexibility index (Phi) is 5.19. The summed E-state index contributed by atoms with van der Waals surface area (Å²) >= 11 is 5.99. The molecule has 5 heteroatoms. The molecule has 132 valence electrons. The first-order valence-electron chi connectivity index (χ1n) is 8.45. The van der Waals surface area contributed by atoms with Crippen molar-refractivity contribution in [2.75, 3.05) is 38.2 Å². The van der Waals surface area contributed by atoms with E-state index < -0.39 is 0 Å². The van der Waals surface area contributed by atoms with Crippen molar-refractivity contribution in [3.8, 4) is 5.75 Å². The highest BCUT2D eigenvalue weighted by atomic mass is 35.5. The molecule has 4 nitrogen and oxygen atoms in total. The predicted octanol–water partition coefficient (Wildman–Crippen LogP) is 3.93. The number of carbonyl (C=O) groups excluding carboxylic acids is 1. The van der Waals surface area contributed by atoms with Crippen LogP contribution in [0, 0.1) is 13.8 Å². The van der Waals surface area contributed by atoms with Gasteiger partial charge in [0.05, 0.1) is 12.7 Å². The Hall–Kier alpha value is -2.20. The second kappa shape index (κ2) is 7.36. The molecule has 0 saturated carbocycles. The number of hydrogen-bond donors (Lipinski definition) is 0. The molecule has 1 aliphatic heterocycles. The number of hydrogen-bond acceptors (Lipinski definition) is 3. The first-order chi connectivity index (χ1) is 12.0. The van der Waals surface area contributed by atoms with E-state index in [4.69, 9.17) is 16.3 Å². The van der Waals surface area contributed by atoms with E-state index in [0.717, 1.165) is 13.1 Å². The Balaban J connectivity index is 1.72. The Morgan fingerprint density at radius 1 is 1.08 bits per heavy atom. The van der Waals surface area contributed by atoms with Crippen LogP contribution < -0.4 is 9.64 Å². The fourth-order valence-corrected chi connectivity index (χ4v) is 3.40. The van der Waals surface area contributed by atoms with Gasteiger partial charge in [-0.25, -0.2) is 0 Å². The molecule has 1 fully saturated rings. The van der Waals surface area contributed by atoms with Crippen molar-refractivity contribution < 1.29 is 9.53 Å². The fourth-order valence-electron chi connectivity index (χ4n) is 3.24. The molecule has 0 unspecified atom stereocenters. The van der Waals surface area contributed by atoms with Crippen molar-refractivity contribution in [3.63, 3.8) is 0 Å². The van der Waals surface area contributed by atoms with E-state index in [1.54, 1.807) is 25.3 Å². The van der Waals surface area contributed by atoms with Gasteiger partial charge in [0.1, 0.15) is 5.75 Å². The lowest BCUT2D eigenvalue weighted by atomic mass is 10.1. The SMILES string of the molecule is COc1cc(Cl)ccc1C(=O)N1CCN(c2cccc(C)c2C)CC1. The summed E-state index contributed by atoms with van der Waals surface area (Å²) in [5.41, 5.74) is 4.42. The molecular formula is C20H23ClN2O2. The second-order valence-electron chi connectivity index (χ2n) is 6.34. The molecule has 0 atom stereocenters. The molecule has 1 heterocycles. The maximum absolute atomic E-state index is 12.8. The largest absolute Gasteiger partial charge is 0.496 e. The second-order valence-corrected chi connectivity index (χ2v) is 6.78. The number of anilines is 1. The van der Waals surface area contributed by atoms with E-state index in [0.29, 0.717) is 29.4 Å².